The highest BCUT2D eigenvalue weighted by Gasteiger charge is 2.30. The summed E-state index contributed by atoms with van der Waals surface area (Å²) < 4.78 is 28.6. The number of esters is 1. The maximum Gasteiger partial charge on any atom is 0.410 e. The molecule has 2 fully saturated rings. The second-order valence-electron chi connectivity index (χ2n) is 14.2. The molecule has 284 valence electrons. The van der Waals surface area contributed by atoms with E-state index in [1.165, 1.54) is 12.1 Å². The zero-order chi connectivity index (χ0) is 37.2. The summed E-state index contributed by atoms with van der Waals surface area (Å²) in [6.45, 7) is 10.9. The van der Waals surface area contributed by atoms with E-state index >= 15 is 4.39 Å². The fourth-order valence-electron chi connectivity index (χ4n) is 6.99. The number of amides is 2. The van der Waals surface area contributed by atoms with Crippen molar-refractivity contribution in [1.82, 2.24) is 24.5 Å². The molecule has 2 aromatic rings. The van der Waals surface area contributed by atoms with E-state index in [1.54, 1.807) is 39.0 Å². The number of aromatic nitrogens is 2. The van der Waals surface area contributed by atoms with Crippen molar-refractivity contribution in [1.29, 1.82) is 0 Å². The van der Waals surface area contributed by atoms with Crippen molar-refractivity contribution in [3.8, 4) is 0 Å². The van der Waals surface area contributed by atoms with Gasteiger partial charge in [-0.1, -0.05) is 26.0 Å². The van der Waals surface area contributed by atoms with Crippen molar-refractivity contribution in [2.45, 2.75) is 64.9 Å². The van der Waals surface area contributed by atoms with E-state index in [4.69, 9.17) is 9.47 Å². The summed E-state index contributed by atoms with van der Waals surface area (Å²) in [4.78, 5) is 46.6. The van der Waals surface area contributed by atoms with Crippen molar-refractivity contribution >= 4 is 29.7 Å². The van der Waals surface area contributed by atoms with Gasteiger partial charge in [0.2, 0.25) is 5.91 Å². The van der Waals surface area contributed by atoms with Crippen molar-refractivity contribution in [3.63, 3.8) is 0 Å². The first kappa shape index (κ1) is 38.9. The molecule has 13 nitrogen and oxygen atoms in total. The lowest BCUT2D eigenvalue weighted by atomic mass is 9.91. The van der Waals surface area contributed by atoms with Gasteiger partial charge in [0, 0.05) is 82.9 Å². The van der Waals surface area contributed by atoms with Crippen LogP contribution in [0, 0.1) is 17.7 Å². The highest BCUT2D eigenvalue weighted by atomic mass is 19.1. The van der Waals surface area contributed by atoms with Gasteiger partial charge in [-0.3, -0.25) is 19.2 Å². The molecule has 1 aromatic carbocycles. The summed E-state index contributed by atoms with van der Waals surface area (Å²) in [7, 11) is 0. The maximum atomic E-state index is 15.0. The van der Waals surface area contributed by atoms with Crippen molar-refractivity contribution < 1.29 is 38.5 Å². The van der Waals surface area contributed by atoms with Crippen molar-refractivity contribution in [3.05, 3.63) is 65.8 Å². The van der Waals surface area contributed by atoms with Crippen LogP contribution < -0.4 is 4.90 Å². The molecule has 1 aromatic heterocycles. The zero-order valence-corrected chi connectivity index (χ0v) is 30.5. The average molecular weight is 725 g/mol. The standard InChI is InChI=1S/C38H53FN6O7/c1-27-5-7-33(47)25-36(49)52-37(28(2)6-8-34(27)51-38(50)44-13-11-41(12-14-44)19-20-46)29(3)21-30-22-31(39)24-32(23-30)42-15-17-43(18-16-42)35(48)26-45-10-4-9-40-45/h4,6,8-10,21-24,27-28,33-34,37,46-47H,5,7,11-20,25-26H2,1-3H3/b8-6+,29-21+/t27-,28-,33+,34-,37-/m0/s1. The number of aliphatic hydroxyl groups excluding tert-OH is 2. The monoisotopic (exact) mass is 724 g/mol. The van der Waals surface area contributed by atoms with Gasteiger partial charge in [0.15, 0.2) is 0 Å². The zero-order valence-electron chi connectivity index (χ0n) is 30.5. The number of anilines is 1. The molecule has 2 saturated heterocycles. The highest BCUT2D eigenvalue weighted by molar-refractivity contribution is 5.76. The molecule has 4 heterocycles. The van der Waals surface area contributed by atoms with Gasteiger partial charge in [-0.25, -0.2) is 9.18 Å². The number of nitrogens with zero attached hydrogens (tertiary/aromatic N) is 6. The number of β-amino-alcohol motifs (C(OH)–C–C–N with tert-alkyl or cyclic N) is 1. The van der Waals surface area contributed by atoms with Gasteiger partial charge < -0.3 is 34.4 Å². The van der Waals surface area contributed by atoms with E-state index in [1.807, 2.05) is 43.9 Å². The second-order valence-corrected chi connectivity index (χ2v) is 14.2. The van der Waals surface area contributed by atoms with E-state index in [0.29, 0.717) is 88.6 Å². The van der Waals surface area contributed by atoms with Gasteiger partial charge in [0.05, 0.1) is 19.1 Å². The first-order valence-corrected chi connectivity index (χ1v) is 18.3. The number of cyclic esters (lactones) is 1. The topological polar surface area (TPSA) is 141 Å². The summed E-state index contributed by atoms with van der Waals surface area (Å²) >= 11 is 0. The number of rotatable bonds is 8. The molecule has 5 rings (SSSR count). The smallest absolute Gasteiger partial charge is 0.410 e. The predicted molar refractivity (Wildman–Crippen MR) is 194 cm³/mol. The number of hydrogen-bond donors (Lipinski definition) is 2. The molecule has 14 heteroatoms. The van der Waals surface area contributed by atoms with Gasteiger partial charge in [0.1, 0.15) is 24.6 Å². The Labute approximate surface area is 305 Å². The molecule has 0 bridgehead atoms. The predicted octanol–water partition coefficient (Wildman–Crippen LogP) is 3.17. The molecular weight excluding hydrogens is 671 g/mol. The normalized spacial score (nSPS) is 26.3. The number of carbonyl (C=O) groups excluding carboxylic acids is 3. The van der Waals surface area contributed by atoms with Gasteiger partial charge in [0.25, 0.3) is 0 Å². The Kier molecular flexibility index (Phi) is 13.8. The Morgan fingerprint density at radius 3 is 2.44 bits per heavy atom. The summed E-state index contributed by atoms with van der Waals surface area (Å²) in [6.07, 6.45) is 7.02. The maximum absolute atomic E-state index is 15.0. The van der Waals surface area contributed by atoms with Crippen LogP contribution in [0.5, 0.6) is 0 Å². The number of halogens is 1. The number of aliphatic hydroxyl groups is 2. The van der Waals surface area contributed by atoms with E-state index in [0.717, 1.165) is 0 Å². The Hall–Kier alpha value is -4.27. The average Bonchev–Trinajstić information content (AvgIpc) is 3.64. The van der Waals surface area contributed by atoms with Gasteiger partial charge in [-0.05, 0) is 67.2 Å². The first-order chi connectivity index (χ1) is 25.0. The Morgan fingerprint density at radius 1 is 1.02 bits per heavy atom. The minimum atomic E-state index is -0.915. The van der Waals surface area contributed by atoms with Gasteiger partial charge in [-0.15, -0.1) is 0 Å². The molecule has 3 aliphatic heterocycles. The SMILES string of the molecule is C/C(=C\c1cc(F)cc(N2CCN(C(=O)Cn3cccn3)CC2)c1)[C@H]1OC(=O)C[C@H](O)CC[C@H](C)[C@@H](OC(=O)N2CCN(CCO)CC2)/C=C/[C@@H]1C. The van der Waals surface area contributed by atoms with E-state index in [-0.39, 0.29) is 37.3 Å². The van der Waals surface area contributed by atoms with E-state index < -0.39 is 36.2 Å². The fourth-order valence-corrected chi connectivity index (χ4v) is 6.99. The Morgan fingerprint density at radius 2 is 1.75 bits per heavy atom. The third-order valence-electron chi connectivity index (χ3n) is 10.1. The van der Waals surface area contributed by atoms with Crippen LogP contribution in [0.15, 0.2) is 54.4 Å². The number of piperazine rings is 2. The van der Waals surface area contributed by atoms with E-state index in [9.17, 15) is 24.6 Å². The summed E-state index contributed by atoms with van der Waals surface area (Å²) in [6, 6.07) is 6.57. The Balaban J connectivity index is 1.28. The Bertz CT molecular complexity index is 1550. The van der Waals surface area contributed by atoms with Crippen LogP contribution in [0.25, 0.3) is 6.08 Å². The minimum absolute atomic E-state index is 0.0172. The second kappa shape index (κ2) is 18.5. The van der Waals surface area contributed by atoms with Gasteiger partial charge in [-0.2, -0.15) is 5.10 Å². The number of carbonyl (C=O) groups is 3. The molecule has 3 aliphatic rings. The number of hydrogen-bond acceptors (Lipinski definition) is 10. The summed E-state index contributed by atoms with van der Waals surface area (Å²) in [5.74, 6) is -1.41. The lowest BCUT2D eigenvalue weighted by Gasteiger charge is -2.36. The first-order valence-electron chi connectivity index (χ1n) is 18.3. The van der Waals surface area contributed by atoms with Crippen LogP contribution >= 0.6 is 0 Å². The van der Waals surface area contributed by atoms with Crippen LogP contribution in [0.3, 0.4) is 0 Å². The van der Waals surface area contributed by atoms with E-state index in [2.05, 4.69) is 10.00 Å². The van der Waals surface area contributed by atoms with Crippen molar-refractivity contribution in [2.75, 3.05) is 70.4 Å². The number of benzene rings is 1. The fraction of sp³-hybridized carbons (Fsp3) is 0.579. The quantitative estimate of drug-likeness (QED) is 0.308. The van der Waals surface area contributed by atoms with Crippen LogP contribution in [0.4, 0.5) is 14.9 Å². The van der Waals surface area contributed by atoms with Crippen LogP contribution in [-0.2, 0) is 25.6 Å². The molecule has 0 radical (unpaired) electrons. The lowest BCUT2D eigenvalue weighted by Crippen LogP contribution is -2.50. The lowest BCUT2D eigenvalue weighted by molar-refractivity contribution is -0.151. The minimum Gasteiger partial charge on any atom is -0.457 e. The third-order valence-corrected chi connectivity index (χ3v) is 10.1. The summed E-state index contributed by atoms with van der Waals surface area (Å²) in [5.41, 5.74) is 1.98. The van der Waals surface area contributed by atoms with Crippen molar-refractivity contribution in [2.24, 2.45) is 11.8 Å². The third kappa shape index (κ3) is 10.9. The molecular formula is C38H53FN6O7. The van der Waals surface area contributed by atoms with Crippen LogP contribution in [0.1, 0.15) is 45.6 Å². The molecule has 0 unspecified atom stereocenters. The highest BCUT2D eigenvalue weighted by Crippen LogP contribution is 2.28. The van der Waals surface area contributed by atoms with Crippen LogP contribution in [-0.4, -0.2) is 136 Å². The molecule has 0 aliphatic carbocycles. The largest absolute Gasteiger partial charge is 0.457 e. The molecule has 5 atom stereocenters. The number of ether oxygens (including phenoxy) is 2. The van der Waals surface area contributed by atoms with Gasteiger partial charge >= 0.3 is 12.1 Å². The van der Waals surface area contributed by atoms with Crippen LogP contribution in [0.2, 0.25) is 0 Å². The molecule has 0 saturated carbocycles. The molecule has 52 heavy (non-hydrogen) atoms. The summed E-state index contributed by atoms with van der Waals surface area (Å²) in [5, 5.41) is 24.0. The molecule has 0 spiro atoms. The molecule has 2 amide bonds. The molecule has 2 N–H and O–H groups in total.